The van der Waals surface area contributed by atoms with Crippen molar-refractivity contribution in [1.29, 1.82) is 0 Å². The number of methoxy groups -OCH3 is 1. The van der Waals surface area contributed by atoms with Crippen LogP contribution >= 0.6 is 0 Å². The zero-order valence-electron chi connectivity index (χ0n) is 15.5. The first-order valence-corrected chi connectivity index (χ1v) is 8.58. The summed E-state index contributed by atoms with van der Waals surface area (Å²) in [5.41, 5.74) is 0.826. The maximum atomic E-state index is 12.3. The molecule has 2 atom stereocenters. The minimum absolute atomic E-state index is 0.226. The third-order valence-corrected chi connectivity index (χ3v) is 4.37. The average Bonchev–Trinajstić information content (AvgIpc) is 2.67. The van der Waals surface area contributed by atoms with Gasteiger partial charge in [0.15, 0.2) is 0 Å². The van der Waals surface area contributed by atoms with Crippen LogP contribution in [-0.4, -0.2) is 39.7 Å². The second-order valence-corrected chi connectivity index (χ2v) is 6.24. The first-order valence-electron chi connectivity index (χ1n) is 8.58. The van der Waals surface area contributed by atoms with Gasteiger partial charge in [0.05, 0.1) is 19.0 Å². The first kappa shape index (κ1) is 20.2. The molecule has 0 fully saturated rings. The number of nitrogens with one attached hydrogen (secondary N) is 1. The quantitative estimate of drug-likeness (QED) is 0.726. The lowest BCUT2D eigenvalue weighted by molar-refractivity contribution is -0.143. The van der Waals surface area contributed by atoms with Gasteiger partial charge < -0.3 is 19.7 Å². The van der Waals surface area contributed by atoms with E-state index in [1.807, 2.05) is 6.92 Å². The average molecular weight is 373 g/mol. The first-order chi connectivity index (χ1) is 12.8. The molecule has 0 aliphatic rings. The Balaban J connectivity index is 2.19. The predicted octanol–water partition coefficient (Wildman–Crippen LogP) is 1.53. The van der Waals surface area contributed by atoms with E-state index in [9.17, 15) is 19.5 Å². The third kappa shape index (κ3) is 5.16. The maximum Gasteiger partial charge on any atom is 0.326 e. The Morgan fingerprint density at radius 2 is 1.96 bits per heavy atom. The molecule has 0 aliphatic heterocycles. The van der Waals surface area contributed by atoms with Gasteiger partial charge in [0.25, 0.3) is 5.56 Å². The van der Waals surface area contributed by atoms with Gasteiger partial charge in [-0.2, -0.15) is 0 Å². The lowest BCUT2D eigenvalue weighted by atomic mass is 9.99. The summed E-state index contributed by atoms with van der Waals surface area (Å²) >= 11 is 0. The Labute approximate surface area is 156 Å². The Kier molecular flexibility index (Phi) is 6.70. The highest BCUT2D eigenvalue weighted by Gasteiger charge is 2.25. The Hall–Kier alpha value is -3.16. The topological polar surface area (TPSA) is 111 Å². The standard InChI is InChI=1S/C19H23N3O5/c1-4-12(2)18(19(25)26)21-16(23)11-22-10-15(20-9-17(22)24)13-5-7-14(27-3)8-6-13/h5-10,12,18H,4,11H2,1-3H3,(H,21,23)(H,25,26)/t12-,18-/m0/s1. The number of aromatic nitrogens is 2. The summed E-state index contributed by atoms with van der Waals surface area (Å²) in [6, 6.07) is 6.12. The summed E-state index contributed by atoms with van der Waals surface area (Å²) in [6.45, 7) is 3.31. The van der Waals surface area contributed by atoms with Crippen LogP contribution in [-0.2, 0) is 16.1 Å². The molecule has 2 aromatic rings. The Morgan fingerprint density at radius 3 is 2.52 bits per heavy atom. The van der Waals surface area contributed by atoms with Gasteiger partial charge >= 0.3 is 5.97 Å². The van der Waals surface area contributed by atoms with Gasteiger partial charge in [0, 0.05) is 11.8 Å². The summed E-state index contributed by atoms with van der Waals surface area (Å²) in [7, 11) is 1.57. The van der Waals surface area contributed by atoms with Crippen LogP contribution in [0.3, 0.4) is 0 Å². The summed E-state index contributed by atoms with van der Waals surface area (Å²) < 4.78 is 6.31. The monoisotopic (exact) mass is 373 g/mol. The largest absolute Gasteiger partial charge is 0.497 e. The second kappa shape index (κ2) is 8.98. The van der Waals surface area contributed by atoms with E-state index in [0.717, 1.165) is 11.8 Å². The lowest BCUT2D eigenvalue weighted by Crippen LogP contribution is -2.46. The van der Waals surface area contributed by atoms with Crippen LogP contribution in [0.1, 0.15) is 20.3 Å². The minimum Gasteiger partial charge on any atom is -0.497 e. The van der Waals surface area contributed by atoms with Crippen LogP contribution in [0.5, 0.6) is 5.75 Å². The van der Waals surface area contributed by atoms with E-state index in [-0.39, 0.29) is 12.5 Å². The van der Waals surface area contributed by atoms with E-state index in [2.05, 4.69) is 10.3 Å². The van der Waals surface area contributed by atoms with Crippen molar-refractivity contribution in [3.63, 3.8) is 0 Å². The fourth-order valence-corrected chi connectivity index (χ4v) is 2.53. The number of carboxylic acids is 1. The van der Waals surface area contributed by atoms with Crippen molar-refractivity contribution in [3.05, 3.63) is 47.0 Å². The van der Waals surface area contributed by atoms with Crippen molar-refractivity contribution >= 4 is 11.9 Å². The van der Waals surface area contributed by atoms with Crippen LogP contribution in [0, 0.1) is 5.92 Å². The number of carbonyl (C=O) groups is 2. The zero-order valence-corrected chi connectivity index (χ0v) is 15.5. The molecule has 2 rings (SSSR count). The highest BCUT2D eigenvalue weighted by Crippen LogP contribution is 2.19. The van der Waals surface area contributed by atoms with Gasteiger partial charge in [0.1, 0.15) is 18.3 Å². The van der Waals surface area contributed by atoms with Gasteiger partial charge in [-0.1, -0.05) is 20.3 Å². The molecule has 0 aliphatic carbocycles. The molecular formula is C19H23N3O5. The van der Waals surface area contributed by atoms with Crippen LogP contribution in [0.2, 0.25) is 0 Å². The smallest absolute Gasteiger partial charge is 0.326 e. The number of rotatable bonds is 8. The van der Waals surface area contributed by atoms with Crippen LogP contribution in [0.15, 0.2) is 41.5 Å². The Bertz CT molecular complexity index is 860. The van der Waals surface area contributed by atoms with E-state index in [1.165, 1.54) is 10.8 Å². The van der Waals surface area contributed by atoms with Gasteiger partial charge in [-0.3, -0.25) is 9.59 Å². The van der Waals surface area contributed by atoms with Crippen LogP contribution < -0.4 is 15.6 Å². The lowest BCUT2D eigenvalue weighted by Gasteiger charge is -2.20. The molecule has 144 valence electrons. The van der Waals surface area contributed by atoms with Crippen LogP contribution in [0.25, 0.3) is 11.3 Å². The van der Waals surface area contributed by atoms with Gasteiger partial charge in [-0.25, -0.2) is 9.78 Å². The number of amides is 1. The summed E-state index contributed by atoms with van der Waals surface area (Å²) in [4.78, 5) is 39.7. The van der Waals surface area contributed by atoms with Gasteiger partial charge in [0.2, 0.25) is 5.91 Å². The van der Waals surface area contributed by atoms with Crippen LogP contribution in [0.4, 0.5) is 0 Å². The van der Waals surface area contributed by atoms with Crippen molar-refractivity contribution in [2.45, 2.75) is 32.9 Å². The molecule has 0 spiro atoms. The van der Waals surface area contributed by atoms with E-state index in [4.69, 9.17) is 4.74 Å². The zero-order chi connectivity index (χ0) is 20.0. The number of ether oxygens (including phenoxy) is 1. The molecule has 0 saturated heterocycles. The van der Waals surface area contributed by atoms with Crippen molar-refractivity contribution in [1.82, 2.24) is 14.9 Å². The van der Waals surface area contributed by atoms with Gasteiger partial charge in [-0.05, 0) is 30.2 Å². The number of carboxylic acid groups (broad SMARTS) is 1. The van der Waals surface area contributed by atoms with Crippen molar-refractivity contribution in [2.75, 3.05) is 7.11 Å². The molecule has 0 unspecified atom stereocenters. The van der Waals surface area contributed by atoms with E-state index in [1.54, 1.807) is 38.3 Å². The minimum atomic E-state index is -1.10. The second-order valence-electron chi connectivity index (χ2n) is 6.24. The number of carbonyl (C=O) groups excluding carboxylic acids is 1. The molecule has 1 heterocycles. The molecule has 8 heteroatoms. The maximum absolute atomic E-state index is 12.3. The number of hydrogen-bond donors (Lipinski definition) is 2. The highest BCUT2D eigenvalue weighted by molar-refractivity contribution is 5.83. The Morgan fingerprint density at radius 1 is 1.30 bits per heavy atom. The van der Waals surface area contributed by atoms with E-state index in [0.29, 0.717) is 17.9 Å². The van der Waals surface area contributed by atoms with E-state index >= 15 is 0 Å². The number of benzene rings is 1. The number of hydrogen-bond acceptors (Lipinski definition) is 5. The molecule has 27 heavy (non-hydrogen) atoms. The fourth-order valence-electron chi connectivity index (χ4n) is 2.53. The van der Waals surface area contributed by atoms with Crippen molar-refractivity contribution < 1.29 is 19.4 Å². The third-order valence-electron chi connectivity index (χ3n) is 4.37. The molecule has 1 aromatic carbocycles. The molecule has 1 amide bonds. The molecule has 0 radical (unpaired) electrons. The molecule has 1 aromatic heterocycles. The van der Waals surface area contributed by atoms with Crippen molar-refractivity contribution in [2.24, 2.45) is 5.92 Å². The molecular weight excluding hydrogens is 350 g/mol. The fraction of sp³-hybridized carbons (Fsp3) is 0.368. The molecule has 2 N–H and O–H groups in total. The molecule has 0 saturated carbocycles. The SMILES string of the molecule is CC[C@H](C)[C@H](NC(=O)Cn1cc(-c2ccc(OC)cc2)ncc1=O)C(=O)O. The number of aliphatic carboxylic acids is 1. The number of nitrogens with zero attached hydrogens (tertiary/aromatic N) is 2. The van der Waals surface area contributed by atoms with E-state index < -0.39 is 23.5 Å². The van der Waals surface area contributed by atoms with Crippen molar-refractivity contribution in [3.8, 4) is 17.0 Å². The summed E-state index contributed by atoms with van der Waals surface area (Å²) in [6.07, 6.45) is 3.22. The predicted molar refractivity (Wildman–Crippen MR) is 99.5 cm³/mol. The summed E-state index contributed by atoms with van der Waals surface area (Å²) in [5.74, 6) is -1.18. The molecule has 0 bridgehead atoms. The highest BCUT2D eigenvalue weighted by atomic mass is 16.5. The normalized spacial score (nSPS) is 12.9. The molecule has 8 nitrogen and oxygen atoms in total. The summed E-state index contributed by atoms with van der Waals surface area (Å²) in [5, 5.41) is 11.8. The van der Waals surface area contributed by atoms with Gasteiger partial charge in [-0.15, -0.1) is 0 Å².